The summed E-state index contributed by atoms with van der Waals surface area (Å²) in [5.74, 6) is 0.799. The molecule has 2 heterocycles. The van der Waals surface area contributed by atoms with Crippen molar-refractivity contribution in [3.63, 3.8) is 0 Å². The number of carbonyl (C=O) groups excluding carboxylic acids is 1. The summed E-state index contributed by atoms with van der Waals surface area (Å²) >= 11 is 5.79. The van der Waals surface area contributed by atoms with Crippen LogP contribution in [0.3, 0.4) is 0 Å². The van der Waals surface area contributed by atoms with Gasteiger partial charge in [-0.1, -0.05) is 11.6 Å². The van der Waals surface area contributed by atoms with Gasteiger partial charge >= 0.3 is 5.91 Å². The summed E-state index contributed by atoms with van der Waals surface area (Å²) in [6.45, 7) is 0.604. The van der Waals surface area contributed by atoms with Crippen molar-refractivity contribution in [3.05, 3.63) is 41.4 Å². The summed E-state index contributed by atoms with van der Waals surface area (Å²) in [4.78, 5) is 14.7. The Labute approximate surface area is 158 Å². The van der Waals surface area contributed by atoms with Gasteiger partial charge in [-0.15, -0.1) is 10.2 Å². The Hall–Kier alpha value is -3.26. The molecule has 27 heavy (non-hydrogen) atoms. The predicted octanol–water partition coefficient (Wildman–Crippen LogP) is 3.99. The number of aromatic amines is 1. The summed E-state index contributed by atoms with van der Waals surface area (Å²) in [7, 11) is 0. The predicted molar refractivity (Wildman–Crippen MR) is 97.4 cm³/mol. The molecule has 9 heteroatoms. The Morgan fingerprint density at radius 2 is 1.89 bits per heavy atom. The number of nitrogens with one attached hydrogen (secondary N) is 1. The van der Waals surface area contributed by atoms with Crippen LogP contribution in [0.4, 0.5) is 5.69 Å². The third-order valence-electron chi connectivity index (χ3n) is 3.85. The van der Waals surface area contributed by atoms with E-state index in [1.807, 2.05) is 0 Å². The van der Waals surface area contributed by atoms with Crippen molar-refractivity contribution in [2.24, 2.45) is 10.2 Å². The lowest BCUT2D eigenvalue weighted by Gasteiger charge is -2.17. The molecule has 0 spiro atoms. The molecule has 1 amide bonds. The number of hydrogen-bond acceptors (Lipinski definition) is 6. The number of amides is 1. The number of azo groups is 1. The van der Waals surface area contributed by atoms with E-state index in [1.54, 1.807) is 36.4 Å². The number of carbonyl (C=O) groups is 1. The van der Waals surface area contributed by atoms with Crippen LogP contribution in [0.25, 0.3) is 10.9 Å². The first-order valence-electron chi connectivity index (χ1n) is 8.07. The zero-order valence-corrected chi connectivity index (χ0v) is 14.7. The average molecular weight is 388 g/mol. The van der Waals surface area contributed by atoms with Crippen LogP contribution in [-0.2, 0) is 4.79 Å². The fourth-order valence-electron chi connectivity index (χ4n) is 2.61. The smallest absolute Gasteiger partial charge is 0.302 e. The minimum Gasteiger partial charge on any atom is -0.493 e. The first-order chi connectivity index (χ1) is 13.1. The molecule has 1 aromatic heterocycles. The van der Waals surface area contributed by atoms with Gasteiger partial charge in [-0.2, -0.15) is 0 Å². The largest absolute Gasteiger partial charge is 0.493 e. The molecule has 8 nitrogen and oxygen atoms in total. The van der Waals surface area contributed by atoms with E-state index in [0.29, 0.717) is 46.4 Å². The van der Waals surface area contributed by atoms with E-state index < -0.39 is 5.91 Å². The number of ether oxygens (including phenoxy) is 3. The van der Waals surface area contributed by atoms with Gasteiger partial charge in [-0.05, 0) is 30.3 Å². The van der Waals surface area contributed by atoms with Gasteiger partial charge < -0.3 is 24.3 Å². The second-order valence-corrected chi connectivity index (χ2v) is 6.14. The van der Waals surface area contributed by atoms with E-state index in [0.717, 1.165) is 0 Å². The molecular formula is C18H14ClN3O5. The van der Waals surface area contributed by atoms with Gasteiger partial charge in [0.05, 0.1) is 5.52 Å². The van der Waals surface area contributed by atoms with Crippen LogP contribution in [-0.4, -0.2) is 35.8 Å². The standard InChI is InChI=1S/C18H14ClN3O5/c19-10-1-3-11(4-2-10)27-9-16(23)21-22-17-12-7-14-15(26-6-5-25-14)8-13(12)20-18(17)24/h1-4,7-8,20,24H,5-6,9H2. The minimum atomic E-state index is -0.601. The number of rotatable bonds is 4. The quantitative estimate of drug-likeness (QED) is 0.658. The van der Waals surface area contributed by atoms with E-state index in [1.165, 1.54) is 0 Å². The SMILES string of the molecule is O=C(COc1ccc(Cl)cc1)N=Nc1c(O)[nH]c2cc3c(cc12)OCCO3. The molecule has 2 N–H and O–H groups in total. The molecule has 0 aliphatic carbocycles. The monoisotopic (exact) mass is 387 g/mol. The number of aromatic hydroxyl groups is 1. The maximum absolute atomic E-state index is 11.9. The van der Waals surface area contributed by atoms with Gasteiger partial charge in [0.15, 0.2) is 23.8 Å². The van der Waals surface area contributed by atoms with Gasteiger partial charge in [0.2, 0.25) is 5.88 Å². The summed E-state index contributed by atoms with van der Waals surface area (Å²) in [5, 5.41) is 18.7. The van der Waals surface area contributed by atoms with Gasteiger partial charge in [0.1, 0.15) is 19.0 Å². The molecule has 0 saturated carbocycles. The topological polar surface area (TPSA) is 106 Å². The van der Waals surface area contributed by atoms with Crippen LogP contribution in [0.5, 0.6) is 23.1 Å². The number of aromatic nitrogens is 1. The highest BCUT2D eigenvalue weighted by atomic mass is 35.5. The Kier molecular flexibility index (Phi) is 4.55. The Morgan fingerprint density at radius 3 is 2.63 bits per heavy atom. The van der Waals surface area contributed by atoms with Crippen molar-refractivity contribution in [1.29, 1.82) is 0 Å². The van der Waals surface area contributed by atoms with Gasteiger partial charge in [0.25, 0.3) is 0 Å². The van der Waals surface area contributed by atoms with E-state index in [9.17, 15) is 9.90 Å². The first kappa shape index (κ1) is 17.2. The van der Waals surface area contributed by atoms with Gasteiger partial charge in [0, 0.05) is 16.5 Å². The zero-order chi connectivity index (χ0) is 18.8. The van der Waals surface area contributed by atoms with E-state index in [2.05, 4.69) is 15.2 Å². The van der Waals surface area contributed by atoms with Crippen LogP contribution in [0.2, 0.25) is 5.02 Å². The maximum atomic E-state index is 11.9. The lowest BCUT2D eigenvalue weighted by molar-refractivity contribution is -0.120. The van der Waals surface area contributed by atoms with E-state index >= 15 is 0 Å². The van der Waals surface area contributed by atoms with Crippen LogP contribution < -0.4 is 14.2 Å². The van der Waals surface area contributed by atoms with Gasteiger partial charge in [-0.3, -0.25) is 4.79 Å². The van der Waals surface area contributed by atoms with Crippen molar-refractivity contribution in [3.8, 4) is 23.1 Å². The molecule has 138 valence electrons. The van der Waals surface area contributed by atoms with Crippen LogP contribution in [0.1, 0.15) is 0 Å². The first-order valence-corrected chi connectivity index (χ1v) is 8.45. The number of hydrogen-bond donors (Lipinski definition) is 2. The van der Waals surface area contributed by atoms with Crippen molar-refractivity contribution in [2.45, 2.75) is 0 Å². The highest BCUT2D eigenvalue weighted by Gasteiger charge is 2.18. The van der Waals surface area contributed by atoms with Gasteiger partial charge in [-0.25, -0.2) is 0 Å². The van der Waals surface area contributed by atoms with E-state index in [-0.39, 0.29) is 18.2 Å². The second-order valence-electron chi connectivity index (χ2n) is 5.70. The van der Waals surface area contributed by atoms with Crippen molar-refractivity contribution < 1.29 is 24.1 Å². The molecule has 1 aliphatic heterocycles. The normalized spacial score (nSPS) is 13.2. The highest BCUT2D eigenvalue weighted by molar-refractivity contribution is 6.30. The number of fused-ring (bicyclic) bond motifs is 2. The average Bonchev–Trinajstić information content (AvgIpc) is 2.98. The summed E-state index contributed by atoms with van der Waals surface area (Å²) in [6.07, 6.45) is 0. The summed E-state index contributed by atoms with van der Waals surface area (Å²) < 4.78 is 16.3. The Morgan fingerprint density at radius 1 is 1.19 bits per heavy atom. The zero-order valence-electron chi connectivity index (χ0n) is 13.9. The molecule has 4 rings (SSSR count). The number of benzene rings is 2. The molecule has 0 fully saturated rings. The minimum absolute atomic E-state index is 0.141. The van der Waals surface area contributed by atoms with Crippen LogP contribution in [0.15, 0.2) is 46.6 Å². The summed E-state index contributed by atoms with van der Waals surface area (Å²) in [6, 6.07) is 9.97. The Balaban J connectivity index is 1.51. The molecule has 3 aromatic rings. The van der Waals surface area contributed by atoms with Crippen molar-refractivity contribution >= 4 is 34.1 Å². The van der Waals surface area contributed by atoms with E-state index in [4.69, 9.17) is 25.8 Å². The molecule has 2 aromatic carbocycles. The molecule has 1 aliphatic rings. The lowest BCUT2D eigenvalue weighted by atomic mass is 10.2. The van der Waals surface area contributed by atoms with Crippen LogP contribution >= 0.6 is 11.6 Å². The third kappa shape index (κ3) is 3.65. The number of H-pyrrole nitrogens is 1. The lowest BCUT2D eigenvalue weighted by Crippen LogP contribution is -2.15. The maximum Gasteiger partial charge on any atom is 0.302 e. The highest BCUT2D eigenvalue weighted by Crippen LogP contribution is 2.42. The molecule has 0 atom stereocenters. The third-order valence-corrected chi connectivity index (χ3v) is 4.10. The molecule has 0 radical (unpaired) electrons. The second kappa shape index (κ2) is 7.16. The fourth-order valence-corrected chi connectivity index (χ4v) is 2.74. The van der Waals surface area contributed by atoms with Crippen LogP contribution in [0, 0.1) is 0 Å². The molecule has 0 bridgehead atoms. The molecular weight excluding hydrogens is 374 g/mol. The number of halogens is 1. The van der Waals surface area contributed by atoms with Crippen molar-refractivity contribution in [2.75, 3.05) is 19.8 Å². The number of nitrogens with zero attached hydrogens (tertiary/aromatic N) is 2. The molecule has 0 unspecified atom stereocenters. The van der Waals surface area contributed by atoms with Crippen molar-refractivity contribution in [1.82, 2.24) is 4.98 Å². The Bertz CT molecular complexity index is 1030. The molecule has 0 saturated heterocycles. The fraction of sp³-hybridized carbons (Fsp3) is 0.167. The summed E-state index contributed by atoms with van der Waals surface area (Å²) in [5.41, 5.74) is 0.734.